The van der Waals surface area contributed by atoms with Gasteiger partial charge in [-0.25, -0.2) is 14.1 Å². The Kier molecular flexibility index (Phi) is 3.29. The third-order valence-corrected chi connectivity index (χ3v) is 3.90. The van der Waals surface area contributed by atoms with Crippen molar-refractivity contribution in [1.82, 2.24) is 14.8 Å². The smallest absolute Gasteiger partial charge is 0.251 e. The number of carbonyl (C=O) groups is 1. The van der Waals surface area contributed by atoms with Crippen molar-refractivity contribution in [1.29, 1.82) is 0 Å². The first-order valence-electron chi connectivity index (χ1n) is 6.21. The fraction of sp³-hybridized carbons (Fsp3) is 0.308. The van der Waals surface area contributed by atoms with Crippen LogP contribution in [0.4, 0.5) is 10.1 Å². The first kappa shape index (κ1) is 13.2. The third kappa shape index (κ3) is 2.11. The van der Waals surface area contributed by atoms with Gasteiger partial charge in [0.2, 0.25) is 0 Å². The number of nitrogens with zero attached hydrogens (tertiary/aromatic N) is 4. The van der Waals surface area contributed by atoms with Gasteiger partial charge in [0.05, 0.1) is 5.69 Å². The molecule has 1 atom stereocenters. The quantitative estimate of drug-likeness (QED) is 0.844. The second-order valence-electron chi connectivity index (χ2n) is 4.69. The van der Waals surface area contributed by atoms with Crippen LogP contribution in [0.2, 0.25) is 0 Å². The maximum Gasteiger partial charge on any atom is 0.251 e. The van der Waals surface area contributed by atoms with Crippen LogP contribution in [0.15, 0.2) is 29.3 Å². The average Bonchev–Trinajstić information content (AvgIpc) is 3.05. The number of rotatable bonds is 2. The molecule has 1 aromatic heterocycles. The van der Waals surface area contributed by atoms with Crippen LogP contribution in [0.1, 0.15) is 18.5 Å². The number of amides is 1. The van der Waals surface area contributed by atoms with Crippen molar-refractivity contribution in [2.45, 2.75) is 19.4 Å². The van der Waals surface area contributed by atoms with Gasteiger partial charge in [-0.15, -0.1) is 0 Å². The molecule has 1 aliphatic heterocycles. The van der Waals surface area contributed by atoms with Crippen LogP contribution in [0.5, 0.6) is 0 Å². The number of carbonyl (C=O) groups excluding carboxylic acids is 1. The summed E-state index contributed by atoms with van der Waals surface area (Å²) >= 11 is 3.27. The van der Waals surface area contributed by atoms with Crippen LogP contribution >= 0.6 is 15.9 Å². The molecule has 1 amide bonds. The molecular formula is C13H12BrFN4O. The van der Waals surface area contributed by atoms with Crippen molar-refractivity contribution in [3.63, 3.8) is 0 Å². The van der Waals surface area contributed by atoms with Crippen molar-refractivity contribution in [3.05, 3.63) is 40.6 Å². The molecule has 0 saturated heterocycles. The summed E-state index contributed by atoms with van der Waals surface area (Å²) in [7, 11) is 0. The van der Waals surface area contributed by atoms with Gasteiger partial charge in [0.15, 0.2) is 0 Å². The lowest BCUT2D eigenvalue weighted by molar-refractivity contribution is -0.121. The van der Waals surface area contributed by atoms with E-state index in [1.807, 2.05) is 6.07 Å². The van der Waals surface area contributed by atoms with Gasteiger partial charge < -0.3 is 4.90 Å². The zero-order valence-corrected chi connectivity index (χ0v) is 12.3. The lowest BCUT2D eigenvalue weighted by Crippen LogP contribution is -2.35. The number of anilines is 1. The van der Waals surface area contributed by atoms with Gasteiger partial charge in [-0.2, -0.15) is 5.10 Å². The van der Waals surface area contributed by atoms with Crippen LogP contribution < -0.4 is 4.90 Å². The Morgan fingerprint density at radius 1 is 1.50 bits per heavy atom. The van der Waals surface area contributed by atoms with Gasteiger partial charge in [-0.1, -0.05) is 15.9 Å². The topological polar surface area (TPSA) is 51.0 Å². The Balaban J connectivity index is 1.93. The molecule has 7 heteroatoms. The summed E-state index contributed by atoms with van der Waals surface area (Å²) in [4.78, 5) is 17.8. The number of halogens is 2. The zero-order valence-electron chi connectivity index (χ0n) is 10.8. The first-order chi connectivity index (χ1) is 9.58. The minimum atomic E-state index is -0.508. The maximum absolute atomic E-state index is 14.1. The maximum atomic E-state index is 14.1. The summed E-state index contributed by atoms with van der Waals surface area (Å²) in [6, 6.07) is 2.72. The van der Waals surface area contributed by atoms with E-state index >= 15 is 0 Å². The molecule has 0 fully saturated rings. The molecule has 0 radical (unpaired) electrons. The molecular weight excluding hydrogens is 327 g/mol. The van der Waals surface area contributed by atoms with E-state index in [4.69, 9.17) is 0 Å². The molecule has 1 aliphatic rings. The van der Waals surface area contributed by atoms with E-state index in [9.17, 15) is 9.18 Å². The molecule has 0 aliphatic carbocycles. The van der Waals surface area contributed by atoms with Crippen molar-refractivity contribution in [2.75, 3.05) is 11.4 Å². The van der Waals surface area contributed by atoms with Crippen molar-refractivity contribution in [2.24, 2.45) is 0 Å². The molecule has 0 spiro atoms. The van der Waals surface area contributed by atoms with Crippen LogP contribution in [0.25, 0.3) is 0 Å². The molecule has 0 N–H and O–H groups in total. The van der Waals surface area contributed by atoms with Gasteiger partial charge in [-0.3, -0.25) is 4.79 Å². The Bertz CT molecular complexity index is 659. The molecule has 1 unspecified atom stereocenters. The predicted molar refractivity (Wildman–Crippen MR) is 74.9 cm³/mol. The molecule has 1 aromatic carbocycles. The lowest BCUT2D eigenvalue weighted by Gasteiger charge is -2.22. The highest BCUT2D eigenvalue weighted by Gasteiger charge is 2.31. The normalized spacial score (nSPS) is 15.2. The van der Waals surface area contributed by atoms with Crippen LogP contribution in [0.3, 0.4) is 0 Å². The van der Waals surface area contributed by atoms with Crippen molar-refractivity contribution < 1.29 is 9.18 Å². The summed E-state index contributed by atoms with van der Waals surface area (Å²) in [5.74, 6) is -0.568. The number of benzene rings is 1. The number of hydrogen-bond acceptors (Lipinski definition) is 3. The van der Waals surface area contributed by atoms with Gasteiger partial charge in [0, 0.05) is 11.0 Å². The highest BCUT2D eigenvalue weighted by molar-refractivity contribution is 9.10. The average molecular weight is 339 g/mol. The number of aromatic nitrogens is 3. The standard InChI is InChI=1S/C13H12BrFN4O/c1-8(19-7-16-6-17-19)13(20)18-3-2-9-4-10(14)5-11(15)12(9)18/h4-8H,2-3H2,1H3. The van der Waals surface area contributed by atoms with Crippen LogP contribution in [-0.4, -0.2) is 27.2 Å². The Hall–Kier alpha value is -1.76. The van der Waals surface area contributed by atoms with E-state index in [0.29, 0.717) is 23.1 Å². The van der Waals surface area contributed by atoms with E-state index in [0.717, 1.165) is 5.56 Å². The van der Waals surface area contributed by atoms with Gasteiger partial charge in [0.25, 0.3) is 5.91 Å². The van der Waals surface area contributed by atoms with E-state index in [2.05, 4.69) is 26.0 Å². The summed E-state index contributed by atoms with van der Waals surface area (Å²) in [5.41, 5.74) is 1.22. The second-order valence-corrected chi connectivity index (χ2v) is 5.60. The van der Waals surface area contributed by atoms with Crippen molar-refractivity contribution in [3.8, 4) is 0 Å². The van der Waals surface area contributed by atoms with E-state index in [-0.39, 0.29) is 11.7 Å². The Labute approximate surface area is 123 Å². The largest absolute Gasteiger partial charge is 0.307 e. The summed E-state index contributed by atoms with van der Waals surface area (Å²) in [6.07, 6.45) is 3.51. The van der Waals surface area contributed by atoms with E-state index in [1.54, 1.807) is 6.92 Å². The molecule has 2 aromatic rings. The highest BCUT2D eigenvalue weighted by atomic mass is 79.9. The van der Waals surface area contributed by atoms with Gasteiger partial charge in [0.1, 0.15) is 24.5 Å². The van der Waals surface area contributed by atoms with Gasteiger partial charge >= 0.3 is 0 Å². The van der Waals surface area contributed by atoms with E-state index < -0.39 is 6.04 Å². The third-order valence-electron chi connectivity index (χ3n) is 3.44. The second kappa shape index (κ2) is 4.97. The molecule has 2 heterocycles. The number of hydrogen-bond donors (Lipinski definition) is 0. The van der Waals surface area contributed by atoms with Crippen LogP contribution in [-0.2, 0) is 11.2 Å². The minimum Gasteiger partial charge on any atom is -0.307 e. The lowest BCUT2D eigenvalue weighted by atomic mass is 10.1. The molecule has 3 rings (SSSR count). The summed E-state index contributed by atoms with van der Waals surface area (Å²) < 4.78 is 16.3. The van der Waals surface area contributed by atoms with Gasteiger partial charge in [-0.05, 0) is 31.0 Å². The van der Waals surface area contributed by atoms with Crippen molar-refractivity contribution >= 4 is 27.5 Å². The first-order valence-corrected chi connectivity index (χ1v) is 7.00. The summed E-state index contributed by atoms with van der Waals surface area (Å²) in [6.45, 7) is 2.21. The Morgan fingerprint density at radius 3 is 3.00 bits per heavy atom. The highest BCUT2D eigenvalue weighted by Crippen LogP contribution is 2.34. The Morgan fingerprint density at radius 2 is 2.30 bits per heavy atom. The molecule has 0 bridgehead atoms. The molecule has 20 heavy (non-hydrogen) atoms. The monoisotopic (exact) mass is 338 g/mol. The molecule has 0 saturated carbocycles. The van der Waals surface area contributed by atoms with Crippen LogP contribution in [0, 0.1) is 5.82 Å². The molecule has 104 valence electrons. The summed E-state index contributed by atoms with van der Waals surface area (Å²) in [5, 5.41) is 3.96. The van der Waals surface area contributed by atoms with E-state index in [1.165, 1.54) is 28.3 Å². The fourth-order valence-corrected chi connectivity index (χ4v) is 2.91. The minimum absolute atomic E-state index is 0.185. The fourth-order valence-electron chi connectivity index (χ4n) is 2.43. The zero-order chi connectivity index (χ0) is 14.3. The number of fused-ring (bicyclic) bond motifs is 1. The SMILES string of the molecule is CC(C(=O)N1CCc2cc(Br)cc(F)c21)n1cncn1. The predicted octanol–water partition coefficient (Wildman–Crippen LogP) is 2.33. The molecule has 5 nitrogen and oxygen atoms in total.